The average Bonchev–Trinajstić information content (AvgIpc) is 3.14. The van der Waals surface area contributed by atoms with Crippen molar-refractivity contribution in [3.8, 4) is 0 Å². The molecule has 192 valence electrons. The normalized spacial score (nSPS) is 13.8. The molecule has 36 heavy (non-hydrogen) atoms. The number of aromatic nitrogens is 2. The number of carbonyl (C=O) groups is 2. The predicted octanol–water partition coefficient (Wildman–Crippen LogP) is 4.36. The van der Waals surface area contributed by atoms with Gasteiger partial charge < -0.3 is 20.7 Å². The van der Waals surface area contributed by atoms with E-state index < -0.39 is 17.2 Å². The Kier molecular flexibility index (Phi) is 8.57. The van der Waals surface area contributed by atoms with E-state index in [0.29, 0.717) is 11.4 Å². The lowest BCUT2D eigenvalue weighted by atomic mass is 9.94. The zero-order valence-corrected chi connectivity index (χ0v) is 22.0. The van der Waals surface area contributed by atoms with Crippen molar-refractivity contribution in [1.29, 1.82) is 0 Å². The fraction of sp³-hybridized carbons (Fsp3) is 0.385. The Morgan fingerprint density at radius 2 is 1.86 bits per heavy atom. The van der Waals surface area contributed by atoms with Gasteiger partial charge in [0.05, 0.1) is 23.6 Å². The third-order valence-corrected chi connectivity index (χ3v) is 5.47. The van der Waals surface area contributed by atoms with Gasteiger partial charge in [-0.2, -0.15) is 5.10 Å². The molecule has 0 spiro atoms. The van der Waals surface area contributed by atoms with Gasteiger partial charge in [-0.3, -0.25) is 4.79 Å². The van der Waals surface area contributed by atoms with Gasteiger partial charge in [0.15, 0.2) is 0 Å². The third kappa shape index (κ3) is 7.98. The minimum Gasteiger partial charge on any atom is -0.444 e. The number of rotatable bonds is 8. The Bertz CT molecular complexity index is 1190. The van der Waals surface area contributed by atoms with Crippen molar-refractivity contribution in [2.75, 3.05) is 6.54 Å². The number of benzene rings is 1. The van der Waals surface area contributed by atoms with Crippen molar-refractivity contribution in [2.24, 2.45) is 4.99 Å². The summed E-state index contributed by atoms with van der Waals surface area (Å²) >= 11 is 6.39. The molecular formula is C26H33ClN6O3. The van der Waals surface area contributed by atoms with E-state index in [1.165, 1.54) is 0 Å². The smallest absolute Gasteiger partial charge is 0.408 e. The minimum atomic E-state index is -0.636. The first-order chi connectivity index (χ1) is 16.9. The summed E-state index contributed by atoms with van der Waals surface area (Å²) in [6.45, 7) is 9.49. The zero-order chi connectivity index (χ0) is 26.3. The van der Waals surface area contributed by atoms with Gasteiger partial charge in [-0.1, -0.05) is 35.9 Å². The topological polar surface area (TPSA) is 110 Å². The molecule has 0 unspecified atom stereocenters. The Morgan fingerprint density at radius 3 is 2.58 bits per heavy atom. The quantitative estimate of drug-likeness (QED) is 0.487. The highest BCUT2D eigenvalue weighted by atomic mass is 35.5. The van der Waals surface area contributed by atoms with Gasteiger partial charge in [-0.15, -0.1) is 0 Å². The van der Waals surface area contributed by atoms with Crippen molar-refractivity contribution >= 4 is 35.5 Å². The van der Waals surface area contributed by atoms with Crippen molar-refractivity contribution in [2.45, 2.75) is 58.7 Å². The van der Waals surface area contributed by atoms with Gasteiger partial charge in [-0.25, -0.2) is 14.5 Å². The number of nitrogens with zero attached hydrogens (tertiary/aromatic N) is 3. The summed E-state index contributed by atoms with van der Waals surface area (Å²) in [5, 5.41) is 13.7. The van der Waals surface area contributed by atoms with Crippen LogP contribution in [0.1, 0.15) is 52.2 Å². The molecule has 1 aliphatic heterocycles. The molecule has 0 fully saturated rings. The van der Waals surface area contributed by atoms with Crippen LogP contribution in [-0.4, -0.2) is 40.1 Å². The number of hydrogen-bond acceptors (Lipinski definition) is 6. The van der Waals surface area contributed by atoms with Crippen molar-refractivity contribution in [3.63, 3.8) is 0 Å². The molecule has 10 heteroatoms. The molecule has 0 bridgehead atoms. The Hall–Kier alpha value is -3.59. The molecule has 9 nitrogen and oxygen atoms in total. The zero-order valence-electron chi connectivity index (χ0n) is 21.3. The Labute approximate surface area is 216 Å². The fourth-order valence-electron chi connectivity index (χ4n) is 3.45. The largest absolute Gasteiger partial charge is 0.444 e. The average molecular weight is 513 g/mol. The second-order valence-electron chi connectivity index (χ2n) is 9.87. The van der Waals surface area contributed by atoms with Crippen LogP contribution in [0.2, 0.25) is 5.02 Å². The number of halogens is 1. The molecule has 0 atom stereocenters. The molecule has 2 heterocycles. The van der Waals surface area contributed by atoms with Crippen LogP contribution < -0.4 is 16.0 Å². The highest BCUT2D eigenvalue weighted by molar-refractivity contribution is 6.31. The van der Waals surface area contributed by atoms with Crippen LogP contribution in [0, 0.1) is 0 Å². The number of amides is 2. The van der Waals surface area contributed by atoms with Crippen molar-refractivity contribution in [3.05, 3.63) is 70.8 Å². The van der Waals surface area contributed by atoms with E-state index in [4.69, 9.17) is 16.3 Å². The molecule has 0 saturated heterocycles. The van der Waals surface area contributed by atoms with Gasteiger partial charge in [-0.05, 0) is 58.7 Å². The molecule has 1 aromatic heterocycles. The number of nitrogens with one attached hydrogen (secondary N) is 3. The summed E-state index contributed by atoms with van der Waals surface area (Å²) in [6, 6.07) is 7.74. The summed E-state index contributed by atoms with van der Waals surface area (Å²) in [5.74, 6) is 0.410. The molecule has 1 aliphatic rings. The highest BCUT2D eigenvalue weighted by Gasteiger charge is 2.23. The highest BCUT2D eigenvalue weighted by Crippen LogP contribution is 2.28. The van der Waals surface area contributed by atoms with Gasteiger partial charge in [0, 0.05) is 23.3 Å². The van der Waals surface area contributed by atoms with Gasteiger partial charge in [0.2, 0.25) is 5.91 Å². The minimum absolute atomic E-state index is 0.174. The first-order valence-corrected chi connectivity index (χ1v) is 12.1. The Balaban J connectivity index is 1.52. The first-order valence-electron chi connectivity index (χ1n) is 11.7. The van der Waals surface area contributed by atoms with E-state index >= 15 is 0 Å². The molecule has 3 rings (SSSR count). The van der Waals surface area contributed by atoms with E-state index in [9.17, 15) is 9.59 Å². The second-order valence-corrected chi connectivity index (χ2v) is 10.3. The van der Waals surface area contributed by atoms with E-state index in [1.54, 1.807) is 37.9 Å². The predicted molar refractivity (Wildman–Crippen MR) is 141 cm³/mol. The van der Waals surface area contributed by atoms with Crippen molar-refractivity contribution < 1.29 is 14.3 Å². The fourth-order valence-corrected chi connectivity index (χ4v) is 3.82. The maximum atomic E-state index is 12.1. The SMILES string of the molecule is CC(C)(C)OC(=O)NCC(=O)NCc1cnn(C2=CCC=C(NC(C)(C)c3ccccc3Cl)N=C2)c1. The Morgan fingerprint density at radius 1 is 1.11 bits per heavy atom. The number of alkyl carbamates (subject to hydrolysis) is 1. The summed E-state index contributed by atoms with van der Waals surface area (Å²) < 4.78 is 6.83. The molecule has 0 radical (unpaired) electrons. The maximum absolute atomic E-state index is 12.1. The van der Waals surface area contributed by atoms with Crippen LogP contribution in [-0.2, 0) is 21.6 Å². The van der Waals surface area contributed by atoms with Gasteiger partial charge in [0.1, 0.15) is 18.0 Å². The van der Waals surface area contributed by atoms with E-state index in [2.05, 4.69) is 39.9 Å². The molecular weight excluding hydrogens is 480 g/mol. The van der Waals surface area contributed by atoms with Crippen LogP contribution >= 0.6 is 11.6 Å². The number of carbonyl (C=O) groups excluding carboxylic acids is 2. The van der Waals surface area contributed by atoms with Crippen LogP contribution in [0.3, 0.4) is 0 Å². The molecule has 2 aromatic rings. The van der Waals surface area contributed by atoms with E-state index in [-0.39, 0.29) is 19.0 Å². The van der Waals surface area contributed by atoms with Crippen LogP contribution in [0.25, 0.3) is 5.70 Å². The lowest BCUT2D eigenvalue weighted by Crippen LogP contribution is -2.39. The van der Waals surface area contributed by atoms with Gasteiger partial charge in [0.25, 0.3) is 0 Å². The monoisotopic (exact) mass is 512 g/mol. The number of ether oxygens (including phenoxy) is 1. The summed E-state index contributed by atoms with van der Waals surface area (Å²) in [6.07, 6.45) is 9.29. The lowest BCUT2D eigenvalue weighted by Gasteiger charge is -2.29. The molecule has 0 saturated carbocycles. The third-order valence-electron chi connectivity index (χ3n) is 5.14. The van der Waals surface area contributed by atoms with Crippen LogP contribution in [0.15, 0.2) is 59.6 Å². The standard InChI is InChI=1S/C26H33ClN6O3/c1-25(2,3)36-24(35)30-16-23(34)29-13-18-14-31-33(17-18)19-9-8-12-22(28-15-19)32-26(4,5)20-10-6-7-11-21(20)27/h6-7,9-12,14-15,17,32H,8,13,16H2,1-5H3,(H,29,34)(H,30,35). The van der Waals surface area contributed by atoms with Crippen LogP contribution in [0.5, 0.6) is 0 Å². The maximum Gasteiger partial charge on any atom is 0.408 e. The molecule has 1 aromatic carbocycles. The summed E-state index contributed by atoms with van der Waals surface area (Å²) in [5.41, 5.74) is 1.57. The van der Waals surface area contributed by atoms with Gasteiger partial charge >= 0.3 is 6.09 Å². The first kappa shape index (κ1) is 27.0. The second kappa shape index (κ2) is 11.4. The summed E-state index contributed by atoms with van der Waals surface area (Å²) in [7, 11) is 0. The summed E-state index contributed by atoms with van der Waals surface area (Å²) in [4.78, 5) is 28.3. The number of allylic oxidation sites excluding steroid dienone is 3. The lowest BCUT2D eigenvalue weighted by molar-refractivity contribution is -0.120. The number of aliphatic imine (C=N–C) groups is 1. The van der Waals surface area contributed by atoms with Crippen LogP contribution in [0.4, 0.5) is 4.79 Å². The van der Waals surface area contributed by atoms with E-state index in [1.807, 2.05) is 42.6 Å². The molecule has 2 amide bonds. The molecule has 3 N–H and O–H groups in total. The van der Waals surface area contributed by atoms with E-state index in [0.717, 1.165) is 22.6 Å². The van der Waals surface area contributed by atoms with Crippen molar-refractivity contribution in [1.82, 2.24) is 25.7 Å². The molecule has 0 aliphatic carbocycles. The number of hydrogen-bond donors (Lipinski definition) is 3.